The first kappa shape index (κ1) is 12.7. The van der Waals surface area contributed by atoms with Crippen molar-refractivity contribution < 1.29 is 14.3 Å². The summed E-state index contributed by atoms with van der Waals surface area (Å²) in [5, 5.41) is 0.492. The van der Waals surface area contributed by atoms with Crippen LogP contribution in [-0.2, 0) is 4.74 Å². The SMILES string of the molecule is COC(=S)CCCN1C(=O)c2ccccc2C1=O. The first-order valence-electron chi connectivity index (χ1n) is 5.67. The van der Waals surface area contributed by atoms with E-state index in [4.69, 9.17) is 17.0 Å². The molecule has 1 aliphatic heterocycles. The van der Waals surface area contributed by atoms with Gasteiger partial charge in [0.05, 0.1) is 18.2 Å². The first-order valence-corrected chi connectivity index (χ1v) is 6.08. The summed E-state index contributed by atoms with van der Waals surface area (Å²) in [5.74, 6) is -0.446. The van der Waals surface area contributed by atoms with E-state index in [1.54, 1.807) is 24.3 Å². The number of hydrogen-bond donors (Lipinski definition) is 0. The van der Waals surface area contributed by atoms with Crippen LogP contribution >= 0.6 is 12.2 Å². The molecule has 0 aliphatic carbocycles. The minimum Gasteiger partial charge on any atom is -0.490 e. The van der Waals surface area contributed by atoms with Gasteiger partial charge in [-0.1, -0.05) is 12.1 Å². The largest absolute Gasteiger partial charge is 0.490 e. The minimum atomic E-state index is -0.223. The zero-order chi connectivity index (χ0) is 13.1. The molecule has 0 atom stereocenters. The van der Waals surface area contributed by atoms with Crippen LogP contribution in [0, 0.1) is 0 Å². The van der Waals surface area contributed by atoms with Crippen molar-refractivity contribution >= 4 is 29.1 Å². The number of carbonyl (C=O) groups excluding carboxylic acids is 2. The molecule has 0 fully saturated rings. The molecule has 1 aliphatic rings. The molecule has 0 saturated heterocycles. The molecule has 18 heavy (non-hydrogen) atoms. The molecular formula is C13H13NO3S. The number of benzene rings is 1. The van der Waals surface area contributed by atoms with Crippen molar-refractivity contribution in [2.24, 2.45) is 0 Å². The second kappa shape index (κ2) is 5.27. The summed E-state index contributed by atoms with van der Waals surface area (Å²) in [5.41, 5.74) is 0.966. The summed E-state index contributed by atoms with van der Waals surface area (Å²) in [6.07, 6.45) is 1.19. The molecule has 2 rings (SSSR count). The Morgan fingerprint density at radius 3 is 2.28 bits per heavy atom. The number of thiocarbonyl (C=S) groups is 1. The summed E-state index contributed by atoms with van der Waals surface area (Å²) < 4.78 is 4.87. The van der Waals surface area contributed by atoms with Crippen LogP contribution in [0.2, 0.25) is 0 Å². The molecule has 2 amide bonds. The van der Waals surface area contributed by atoms with Crippen LogP contribution in [0.5, 0.6) is 0 Å². The molecule has 1 heterocycles. The maximum absolute atomic E-state index is 12.0. The van der Waals surface area contributed by atoms with Gasteiger partial charge in [-0.2, -0.15) is 0 Å². The van der Waals surface area contributed by atoms with Crippen LogP contribution in [0.3, 0.4) is 0 Å². The zero-order valence-electron chi connectivity index (χ0n) is 10.0. The number of nitrogens with zero attached hydrogens (tertiary/aromatic N) is 1. The fourth-order valence-electron chi connectivity index (χ4n) is 1.93. The molecule has 0 spiro atoms. The van der Waals surface area contributed by atoms with Crippen molar-refractivity contribution in [3.63, 3.8) is 0 Å². The van der Waals surface area contributed by atoms with Crippen molar-refractivity contribution in [2.75, 3.05) is 13.7 Å². The number of ether oxygens (including phenoxy) is 1. The van der Waals surface area contributed by atoms with Gasteiger partial charge >= 0.3 is 0 Å². The average Bonchev–Trinajstić information content (AvgIpc) is 2.64. The maximum Gasteiger partial charge on any atom is 0.261 e. The lowest BCUT2D eigenvalue weighted by molar-refractivity contribution is 0.0653. The van der Waals surface area contributed by atoms with Crippen LogP contribution in [0.4, 0.5) is 0 Å². The lowest BCUT2D eigenvalue weighted by Gasteiger charge is -2.13. The Balaban J connectivity index is 2.03. The Bertz CT molecular complexity index is 478. The highest BCUT2D eigenvalue weighted by Gasteiger charge is 2.34. The first-order chi connectivity index (χ1) is 8.65. The summed E-state index contributed by atoms with van der Waals surface area (Å²) in [7, 11) is 1.52. The van der Waals surface area contributed by atoms with Crippen molar-refractivity contribution in [1.82, 2.24) is 4.90 Å². The van der Waals surface area contributed by atoms with Crippen LogP contribution in [0.15, 0.2) is 24.3 Å². The number of amides is 2. The normalized spacial score (nSPS) is 13.7. The molecule has 5 heteroatoms. The Kier molecular flexibility index (Phi) is 3.72. The van der Waals surface area contributed by atoms with Crippen molar-refractivity contribution in [2.45, 2.75) is 12.8 Å². The molecule has 0 saturated carbocycles. The number of fused-ring (bicyclic) bond motifs is 1. The molecule has 0 bridgehead atoms. The van der Waals surface area contributed by atoms with Crippen molar-refractivity contribution in [3.05, 3.63) is 35.4 Å². The molecule has 0 aromatic heterocycles. The highest BCUT2D eigenvalue weighted by Crippen LogP contribution is 2.22. The molecule has 1 aromatic carbocycles. The van der Waals surface area contributed by atoms with Gasteiger partial charge in [0.15, 0.2) is 5.05 Å². The summed E-state index contributed by atoms with van der Waals surface area (Å²) in [6, 6.07) is 6.87. The standard InChI is InChI=1S/C13H13NO3S/c1-17-11(18)7-4-8-14-12(15)9-5-2-3-6-10(9)13(14)16/h2-3,5-6H,4,7-8H2,1H3. The Hall–Kier alpha value is -1.75. The maximum atomic E-state index is 12.0. The predicted octanol–water partition coefficient (Wildman–Crippen LogP) is 2.04. The molecule has 4 nitrogen and oxygen atoms in total. The number of hydrogen-bond acceptors (Lipinski definition) is 4. The fourth-order valence-corrected chi connectivity index (χ4v) is 2.07. The van der Waals surface area contributed by atoms with E-state index in [1.165, 1.54) is 12.0 Å². The van der Waals surface area contributed by atoms with Crippen LogP contribution in [-0.4, -0.2) is 35.4 Å². The molecule has 1 aromatic rings. The van der Waals surface area contributed by atoms with Crippen LogP contribution < -0.4 is 0 Å². The lowest BCUT2D eigenvalue weighted by atomic mass is 10.1. The van der Waals surface area contributed by atoms with Gasteiger partial charge in [0.1, 0.15) is 0 Å². The quantitative estimate of drug-likeness (QED) is 0.616. The van der Waals surface area contributed by atoms with E-state index in [9.17, 15) is 9.59 Å². The zero-order valence-corrected chi connectivity index (χ0v) is 10.8. The average molecular weight is 263 g/mol. The van der Waals surface area contributed by atoms with E-state index in [2.05, 4.69) is 0 Å². The predicted molar refractivity (Wildman–Crippen MR) is 70.7 cm³/mol. The highest BCUT2D eigenvalue weighted by atomic mass is 32.1. The number of imide groups is 1. The Morgan fingerprint density at radius 2 is 1.78 bits per heavy atom. The van der Waals surface area contributed by atoms with Crippen molar-refractivity contribution in [1.29, 1.82) is 0 Å². The van der Waals surface area contributed by atoms with Gasteiger partial charge in [0.2, 0.25) is 0 Å². The van der Waals surface area contributed by atoms with E-state index in [1.807, 2.05) is 0 Å². The molecular weight excluding hydrogens is 250 g/mol. The van der Waals surface area contributed by atoms with E-state index < -0.39 is 0 Å². The van der Waals surface area contributed by atoms with E-state index in [0.717, 1.165) is 0 Å². The summed E-state index contributed by atoms with van der Waals surface area (Å²) in [4.78, 5) is 25.3. The number of rotatable bonds is 4. The highest BCUT2D eigenvalue weighted by molar-refractivity contribution is 7.80. The Morgan fingerprint density at radius 1 is 1.22 bits per heavy atom. The Labute approximate surface area is 111 Å². The lowest BCUT2D eigenvalue weighted by Crippen LogP contribution is -2.31. The number of carbonyl (C=O) groups is 2. The molecule has 0 radical (unpaired) electrons. The number of methoxy groups -OCH3 is 1. The molecule has 0 unspecified atom stereocenters. The summed E-state index contributed by atoms with van der Waals surface area (Å²) >= 11 is 4.91. The van der Waals surface area contributed by atoms with Gasteiger partial charge < -0.3 is 4.74 Å². The van der Waals surface area contributed by atoms with E-state index in [0.29, 0.717) is 35.6 Å². The van der Waals surface area contributed by atoms with Gasteiger partial charge in [-0.3, -0.25) is 14.5 Å². The van der Waals surface area contributed by atoms with Gasteiger partial charge in [-0.05, 0) is 30.8 Å². The van der Waals surface area contributed by atoms with Crippen LogP contribution in [0.1, 0.15) is 33.6 Å². The monoisotopic (exact) mass is 263 g/mol. The van der Waals surface area contributed by atoms with E-state index in [-0.39, 0.29) is 11.8 Å². The second-order valence-corrected chi connectivity index (χ2v) is 4.44. The topological polar surface area (TPSA) is 46.6 Å². The fraction of sp³-hybridized carbons (Fsp3) is 0.308. The van der Waals surface area contributed by atoms with E-state index >= 15 is 0 Å². The molecule has 94 valence electrons. The second-order valence-electron chi connectivity index (χ2n) is 3.99. The summed E-state index contributed by atoms with van der Waals surface area (Å²) in [6.45, 7) is 0.371. The van der Waals surface area contributed by atoms with Gasteiger partial charge in [-0.25, -0.2) is 0 Å². The minimum absolute atomic E-state index is 0.223. The van der Waals surface area contributed by atoms with Gasteiger partial charge in [-0.15, -0.1) is 0 Å². The van der Waals surface area contributed by atoms with Crippen molar-refractivity contribution in [3.8, 4) is 0 Å². The van der Waals surface area contributed by atoms with Gasteiger partial charge in [0, 0.05) is 13.0 Å². The van der Waals surface area contributed by atoms with Gasteiger partial charge in [0.25, 0.3) is 11.8 Å². The third-order valence-electron chi connectivity index (χ3n) is 2.87. The smallest absolute Gasteiger partial charge is 0.261 e. The van der Waals surface area contributed by atoms with Crippen LogP contribution in [0.25, 0.3) is 0 Å². The third kappa shape index (κ3) is 2.26. The third-order valence-corrected chi connectivity index (χ3v) is 3.24. The molecule has 0 N–H and O–H groups in total.